The molecule has 1 heterocycles. The Morgan fingerprint density at radius 3 is 1.59 bits per heavy atom. The molecule has 158 valence electrons. The number of non-ortho nitro benzene ring substituents is 1. The Balaban J connectivity index is 1.63. The number of rotatable bonds is 2. The molecule has 0 saturated carbocycles. The Labute approximate surface area is 184 Å². The van der Waals surface area contributed by atoms with Crippen molar-refractivity contribution in [2.45, 2.75) is 24.7 Å². The van der Waals surface area contributed by atoms with E-state index in [-0.39, 0.29) is 23.2 Å². The number of carbonyl (C=O) groups excluding carboxylic acids is 2. The summed E-state index contributed by atoms with van der Waals surface area (Å²) in [5.41, 5.74) is 3.06. The average Bonchev–Trinajstić information content (AvgIpc) is 3.08. The topological polar surface area (TPSA) is 80.5 Å². The van der Waals surface area contributed by atoms with Crippen LogP contribution in [0.3, 0.4) is 0 Å². The zero-order valence-corrected chi connectivity index (χ0v) is 17.6. The number of hydrogen-bond acceptors (Lipinski definition) is 4. The zero-order valence-electron chi connectivity index (χ0n) is 17.6. The second kappa shape index (κ2) is 5.91. The molecule has 2 atom stereocenters. The van der Waals surface area contributed by atoms with Gasteiger partial charge in [0.25, 0.3) is 5.69 Å². The van der Waals surface area contributed by atoms with Gasteiger partial charge in [0, 0.05) is 23.0 Å². The van der Waals surface area contributed by atoms with Crippen LogP contribution in [0.1, 0.15) is 36.1 Å². The molecule has 2 bridgehead atoms. The van der Waals surface area contributed by atoms with Crippen molar-refractivity contribution in [3.05, 3.63) is 105 Å². The predicted octanol–water partition coefficient (Wildman–Crippen LogP) is 4.34. The van der Waals surface area contributed by atoms with Gasteiger partial charge in [0.2, 0.25) is 11.8 Å². The van der Waals surface area contributed by atoms with Gasteiger partial charge in [-0.3, -0.25) is 19.7 Å². The summed E-state index contributed by atoms with van der Waals surface area (Å²) in [6.45, 7) is 4.12. The fourth-order valence-corrected chi connectivity index (χ4v) is 6.57. The molecule has 3 aromatic carbocycles. The molecule has 6 heteroatoms. The molecular weight excluding hydrogens is 404 g/mol. The molecule has 0 radical (unpaired) electrons. The fraction of sp³-hybridized carbons (Fsp3) is 0.231. The number of benzene rings is 3. The second-order valence-electron chi connectivity index (χ2n) is 9.24. The standard InChI is InChI=1S/C26H20N2O4/c1-25-17-10-3-5-12-19(17)26(2,20-13-6-4-11-18(20)25)22-21(25)23(29)27(24(22)30)15-8-7-9-16(14-15)28(31)32/h3-14,21-22H,1-2H3. The number of hydrogen-bond donors (Lipinski definition) is 0. The van der Waals surface area contributed by atoms with Crippen LogP contribution >= 0.6 is 0 Å². The fourth-order valence-electron chi connectivity index (χ4n) is 6.57. The van der Waals surface area contributed by atoms with Gasteiger partial charge in [-0.15, -0.1) is 0 Å². The molecule has 1 saturated heterocycles. The van der Waals surface area contributed by atoms with E-state index in [9.17, 15) is 19.7 Å². The molecule has 6 nitrogen and oxygen atoms in total. The summed E-state index contributed by atoms with van der Waals surface area (Å²) >= 11 is 0. The molecule has 0 N–H and O–H groups in total. The van der Waals surface area contributed by atoms with Crippen LogP contribution < -0.4 is 4.90 Å². The van der Waals surface area contributed by atoms with Gasteiger partial charge in [-0.25, -0.2) is 4.90 Å². The van der Waals surface area contributed by atoms with Crippen LogP contribution in [0.2, 0.25) is 0 Å². The van der Waals surface area contributed by atoms with Gasteiger partial charge >= 0.3 is 0 Å². The SMILES string of the molecule is CC12c3ccccc3C(C)(c3ccccc31)C1C(=O)N(c3cccc([N+](=O)[O-])c3)C(=O)C12. The zero-order chi connectivity index (χ0) is 22.4. The Kier molecular flexibility index (Phi) is 3.50. The van der Waals surface area contributed by atoms with Crippen molar-refractivity contribution in [2.24, 2.45) is 11.8 Å². The molecule has 32 heavy (non-hydrogen) atoms. The highest BCUT2D eigenvalue weighted by Gasteiger charge is 2.70. The normalized spacial score (nSPS) is 29.5. The number of imide groups is 1. The summed E-state index contributed by atoms with van der Waals surface area (Å²) < 4.78 is 0. The molecule has 2 amide bonds. The summed E-state index contributed by atoms with van der Waals surface area (Å²) in [7, 11) is 0. The molecule has 7 rings (SSSR count). The van der Waals surface area contributed by atoms with Crippen LogP contribution in [-0.2, 0) is 20.4 Å². The number of nitrogens with zero attached hydrogens (tertiary/aromatic N) is 2. The minimum Gasteiger partial charge on any atom is -0.274 e. The van der Waals surface area contributed by atoms with Crippen molar-refractivity contribution in [1.82, 2.24) is 0 Å². The van der Waals surface area contributed by atoms with Crippen LogP contribution in [0.4, 0.5) is 11.4 Å². The van der Waals surface area contributed by atoms with Crippen LogP contribution in [-0.4, -0.2) is 16.7 Å². The van der Waals surface area contributed by atoms with E-state index in [2.05, 4.69) is 38.1 Å². The van der Waals surface area contributed by atoms with E-state index in [0.717, 1.165) is 22.3 Å². The molecule has 1 aliphatic heterocycles. The third-order valence-corrected chi connectivity index (χ3v) is 7.94. The van der Waals surface area contributed by atoms with Crippen molar-refractivity contribution < 1.29 is 14.5 Å². The van der Waals surface area contributed by atoms with Crippen LogP contribution in [0.25, 0.3) is 0 Å². The van der Waals surface area contributed by atoms with Crippen molar-refractivity contribution in [3.8, 4) is 0 Å². The predicted molar refractivity (Wildman–Crippen MR) is 118 cm³/mol. The molecular formula is C26H20N2O4. The van der Waals surface area contributed by atoms with Gasteiger partial charge in [0.1, 0.15) is 0 Å². The van der Waals surface area contributed by atoms with Crippen molar-refractivity contribution in [2.75, 3.05) is 4.90 Å². The number of nitro groups is 1. The third kappa shape index (κ3) is 1.96. The molecule has 0 spiro atoms. The summed E-state index contributed by atoms with van der Waals surface area (Å²) in [6, 6.07) is 21.9. The lowest BCUT2D eigenvalue weighted by molar-refractivity contribution is -0.384. The van der Waals surface area contributed by atoms with E-state index in [0.29, 0.717) is 0 Å². The monoisotopic (exact) mass is 424 g/mol. The Morgan fingerprint density at radius 1 is 0.750 bits per heavy atom. The third-order valence-electron chi connectivity index (χ3n) is 7.94. The maximum Gasteiger partial charge on any atom is 0.271 e. The van der Waals surface area contributed by atoms with Crippen LogP contribution in [0.15, 0.2) is 72.8 Å². The summed E-state index contributed by atoms with van der Waals surface area (Å²) in [5.74, 6) is -1.75. The summed E-state index contributed by atoms with van der Waals surface area (Å²) in [4.78, 5) is 39.8. The minimum atomic E-state index is -0.669. The highest BCUT2D eigenvalue weighted by Crippen LogP contribution is 2.66. The number of amides is 2. The summed E-state index contributed by atoms with van der Waals surface area (Å²) in [6.07, 6.45) is 0. The number of carbonyl (C=O) groups is 2. The smallest absolute Gasteiger partial charge is 0.271 e. The molecule has 3 aromatic rings. The second-order valence-corrected chi connectivity index (χ2v) is 9.24. The quantitative estimate of drug-likeness (QED) is 0.348. The molecule has 1 fully saturated rings. The van der Waals surface area contributed by atoms with E-state index in [1.807, 2.05) is 24.3 Å². The minimum absolute atomic E-state index is 0.148. The van der Waals surface area contributed by atoms with Gasteiger partial charge in [0.05, 0.1) is 22.4 Å². The Morgan fingerprint density at radius 2 is 1.19 bits per heavy atom. The molecule has 4 aliphatic rings. The van der Waals surface area contributed by atoms with Gasteiger partial charge in [0.15, 0.2) is 0 Å². The van der Waals surface area contributed by atoms with Crippen molar-refractivity contribution >= 4 is 23.2 Å². The lowest BCUT2D eigenvalue weighted by Gasteiger charge is -2.57. The van der Waals surface area contributed by atoms with E-state index in [1.54, 1.807) is 6.07 Å². The molecule has 0 aromatic heterocycles. The molecule has 3 aliphatic carbocycles. The van der Waals surface area contributed by atoms with Crippen LogP contribution in [0, 0.1) is 22.0 Å². The van der Waals surface area contributed by atoms with Gasteiger partial charge < -0.3 is 0 Å². The lowest BCUT2D eigenvalue weighted by Crippen LogP contribution is -2.59. The van der Waals surface area contributed by atoms with E-state index in [1.165, 1.54) is 23.1 Å². The average molecular weight is 424 g/mol. The number of nitro benzene ring substituents is 1. The van der Waals surface area contributed by atoms with Crippen molar-refractivity contribution in [3.63, 3.8) is 0 Å². The maximum absolute atomic E-state index is 13.9. The highest BCUT2D eigenvalue weighted by atomic mass is 16.6. The maximum atomic E-state index is 13.9. The van der Waals surface area contributed by atoms with Crippen molar-refractivity contribution in [1.29, 1.82) is 0 Å². The van der Waals surface area contributed by atoms with Gasteiger partial charge in [-0.05, 0) is 28.3 Å². The first-order chi connectivity index (χ1) is 15.3. The Bertz CT molecular complexity index is 1240. The van der Waals surface area contributed by atoms with Gasteiger partial charge in [-0.2, -0.15) is 0 Å². The lowest BCUT2D eigenvalue weighted by atomic mass is 9.42. The first-order valence-corrected chi connectivity index (χ1v) is 10.6. The van der Waals surface area contributed by atoms with E-state index in [4.69, 9.17) is 0 Å². The first kappa shape index (κ1) is 18.9. The highest BCUT2D eigenvalue weighted by molar-refractivity contribution is 6.24. The van der Waals surface area contributed by atoms with E-state index >= 15 is 0 Å². The Hall–Kier alpha value is -3.80. The first-order valence-electron chi connectivity index (χ1n) is 10.6. The van der Waals surface area contributed by atoms with Gasteiger partial charge in [-0.1, -0.05) is 68.4 Å². The molecule has 2 unspecified atom stereocenters. The van der Waals surface area contributed by atoms with Crippen LogP contribution in [0.5, 0.6) is 0 Å². The summed E-state index contributed by atoms with van der Waals surface area (Å²) in [5, 5.41) is 11.3. The largest absolute Gasteiger partial charge is 0.274 e. The van der Waals surface area contributed by atoms with E-state index < -0.39 is 27.6 Å². The number of anilines is 1.